The number of methoxy groups -OCH3 is 1. The molecular formula is C21H22N2O5. The molecular weight excluding hydrogens is 360 g/mol. The lowest BCUT2D eigenvalue weighted by atomic mass is 9.63. The minimum Gasteiger partial charge on any atom is -0.465 e. The summed E-state index contributed by atoms with van der Waals surface area (Å²) in [6.45, 7) is 3.97. The van der Waals surface area contributed by atoms with Gasteiger partial charge in [-0.1, -0.05) is 32.0 Å². The Bertz CT molecular complexity index is 1000. The molecule has 0 radical (unpaired) electrons. The highest BCUT2D eigenvalue weighted by Crippen LogP contribution is 2.57. The second-order valence-corrected chi connectivity index (χ2v) is 8.21. The number of likely N-dealkylation sites (N-methyl/N-ethyl adjacent to an activating group) is 1. The highest BCUT2D eigenvalue weighted by molar-refractivity contribution is 6.19. The van der Waals surface area contributed by atoms with Gasteiger partial charge in [-0.25, -0.2) is 4.79 Å². The smallest absolute Gasteiger partial charge is 0.340 e. The van der Waals surface area contributed by atoms with Crippen LogP contribution in [0.15, 0.2) is 47.0 Å². The van der Waals surface area contributed by atoms with Crippen LogP contribution in [0.1, 0.15) is 32.3 Å². The third kappa shape index (κ3) is 2.13. The fourth-order valence-electron chi connectivity index (χ4n) is 4.67. The molecule has 0 saturated heterocycles. The molecule has 1 aliphatic carbocycles. The van der Waals surface area contributed by atoms with E-state index < -0.39 is 17.3 Å². The van der Waals surface area contributed by atoms with E-state index in [-0.39, 0.29) is 29.1 Å². The Morgan fingerprint density at radius 3 is 2.57 bits per heavy atom. The van der Waals surface area contributed by atoms with Crippen molar-refractivity contribution in [2.75, 3.05) is 14.2 Å². The number of Topliss-reactive ketones (excluding diaryl/α,β-unsaturated/α-hetero) is 1. The first-order chi connectivity index (χ1) is 13.1. The molecule has 7 heteroatoms. The minimum atomic E-state index is -1.65. The Morgan fingerprint density at radius 2 is 1.89 bits per heavy atom. The molecule has 28 heavy (non-hydrogen) atoms. The van der Waals surface area contributed by atoms with Crippen LogP contribution in [0.25, 0.3) is 0 Å². The number of carbonyl (C=O) groups is 3. The third-order valence-corrected chi connectivity index (χ3v) is 5.78. The maximum Gasteiger partial charge on any atom is 0.340 e. The molecule has 0 aromatic heterocycles. The van der Waals surface area contributed by atoms with E-state index in [4.69, 9.17) is 15.2 Å². The van der Waals surface area contributed by atoms with Crippen LogP contribution in [0.3, 0.4) is 0 Å². The van der Waals surface area contributed by atoms with Crippen molar-refractivity contribution in [1.82, 2.24) is 4.90 Å². The minimum absolute atomic E-state index is 0.136. The van der Waals surface area contributed by atoms with Crippen molar-refractivity contribution >= 4 is 17.7 Å². The largest absolute Gasteiger partial charge is 0.465 e. The summed E-state index contributed by atoms with van der Waals surface area (Å²) in [7, 11) is 2.84. The molecule has 2 aliphatic heterocycles. The SMILES string of the molecule is COC(=O)C1=C(N)Oc2ccccc2[C@]12C(=O)N(C)C1=C2C(=O)CC(C)(C)C1. The first-order valence-electron chi connectivity index (χ1n) is 9.06. The van der Waals surface area contributed by atoms with Crippen LogP contribution in [-0.4, -0.2) is 36.7 Å². The Hall–Kier alpha value is -3.09. The molecule has 0 unspecified atom stereocenters. The van der Waals surface area contributed by atoms with E-state index >= 15 is 0 Å². The van der Waals surface area contributed by atoms with Gasteiger partial charge >= 0.3 is 5.97 Å². The molecule has 4 rings (SSSR count). The van der Waals surface area contributed by atoms with E-state index in [1.54, 1.807) is 31.3 Å². The second-order valence-electron chi connectivity index (χ2n) is 8.21. The molecule has 2 heterocycles. The number of ketones is 1. The molecule has 0 saturated carbocycles. The summed E-state index contributed by atoms with van der Waals surface area (Å²) < 4.78 is 10.6. The van der Waals surface area contributed by atoms with Crippen LogP contribution in [0.2, 0.25) is 0 Å². The zero-order valence-corrected chi connectivity index (χ0v) is 16.3. The van der Waals surface area contributed by atoms with Gasteiger partial charge in [0.25, 0.3) is 0 Å². The second kappa shape index (κ2) is 5.70. The Morgan fingerprint density at radius 1 is 1.21 bits per heavy atom. The number of nitrogens with zero attached hydrogens (tertiary/aromatic N) is 1. The molecule has 1 amide bonds. The summed E-state index contributed by atoms with van der Waals surface area (Å²) in [5.74, 6) is -1.24. The molecule has 7 nitrogen and oxygen atoms in total. The highest BCUT2D eigenvalue weighted by Gasteiger charge is 2.64. The molecule has 1 atom stereocenters. The molecule has 1 aromatic carbocycles. The predicted octanol–water partition coefficient (Wildman–Crippen LogP) is 1.78. The topological polar surface area (TPSA) is 98.9 Å². The Kier molecular flexibility index (Phi) is 3.72. The van der Waals surface area contributed by atoms with E-state index in [9.17, 15) is 14.4 Å². The maximum atomic E-state index is 13.7. The number of ether oxygens (including phenoxy) is 2. The van der Waals surface area contributed by atoms with Crippen LogP contribution >= 0.6 is 0 Å². The van der Waals surface area contributed by atoms with Crippen molar-refractivity contribution in [2.24, 2.45) is 11.1 Å². The number of hydrogen-bond donors (Lipinski definition) is 1. The van der Waals surface area contributed by atoms with Crippen LogP contribution in [0.4, 0.5) is 0 Å². The van der Waals surface area contributed by atoms with Gasteiger partial charge in [-0.15, -0.1) is 0 Å². The van der Waals surface area contributed by atoms with Crippen molar-refractivity contribution in [1.29, 1.82) is 0 Å². The molecule has 1 aromatic rings. The Balaban J connectivity index is 2.13. The van der Waals surface area contributed by atoms with Crippen molar-refractivity contribution in [2.45, 2.75) is 32.1 Å². The zero-order valence-electron chi connectivity index (χ0n) is 16.3. The number of hydrogen-bond acceptors (Lipinski definition) is 6. The number of allylic oxidation sites excluding steroid dienone is 1. The number of nitrogens with two attached hydrogens (primary N) is 1. The van der Waals surface area contributed by atoms with E-state index in [0.29, 0.717) is 29.0 Å². The fraction of sp³-hybridized carbons (Fsp3) is 0.381. The lowest BCUT2D eigenvalue weighted by molar-refractivity contribution is -0.140. The fourth-order valence-corrected chi connectivity index (χ4v) is 4.67. The molecule has 146 valence electrons. The number of para-hydroxylation sites is 1. The van der Waals surface area contributed by atoms with Crippen LogP contribution < -0.4 is 10.5 Å². The van der Waals surface area contributed by atoms with E-state index in [1.165, 1.54) is 12.0 Å². The van der Waals surface area contributed by atoms with Gasteiger partial charge < -0.3 is 20.1 Å². The van der Waals surface area contributed by atoms with Crippen LogP contribution in [-0.2, 0) is 24.5 Å². The number of amides is 1. The lowest BCUT2D eigenvalue weighted by Gasteiger charge is -2.38. The van der Waals surface area contributed by atoms with E-state index in [1.807, 2.05) is 13.8 Å². The number of fused-ring (bicyclic) bond motifs is 3. The summed E-state index contributed by atoms with van der Waals surface area (Å²) in [5, 5.41) is 0. The molecule has 0 bridgehead atoms. The number of carbonyl (C=O) groups excluding carboxylic acids is 3. The van der Waals surface area contributed by atoms with Gasteiger partial charge in [-0.2, -0.15) is 0 Å². The lowest BCUT2D eigenvalue weighted by Crippen LogP contribution is -2.49. The van der Waals surface area contributed by atoms with Crippen molar-refractivity contribution in [3.63, 3.8) is 0 Å². The van der Waals surface area contributed by atoms with Gasteiger partial charge in [0.15, 0.2) is 5.78 Å². The number of esters is 1. The van der Waals surface area contributed by atoms with Gasteiger partial charge in [-0.3, -0.25) is 9.59 Å². The van der Waals surface area contributed by atoms with Gasteiger partial charge in [-0.05, 0) is 17.9 Å². The van der Waals surface area contributed by atoms with Crippen LogP contribution in [0.5, 0.6) is 5.75 Å². The zero-order chi connectivity index (χ0) is 20.4. The summed E-state index contributed by atoms with van der Waals surface area (Å²) in [6, 6.07) is 6.84. The normalized spacial score (nSPS) is 25.6. The van der Waals surface area contributed by atoms with Gasteiger partial charge in [0, 0.05) is 30.3 Å². The van der Waals surface area contributed by atoms with Crippen molar-refractivity contribution in [3.05, 3.63) is 52.6 Å². The average Bonchev–Trinajstić information content (AvgIpc) is 2.83. The first kappa shape index (κ1) is 18.3. The third-order valence-electron chi connectivity index (χ3n) is 5.78. The number of benzene rings is 1. The number of rotatable bonds is 1. The monoisotopic (exact) mass is 382 g/mol. The van der Waals surface area contributed by atoms with Gasteiger partial charge in [0.2, 0.25) is 11.8 Å². The quantitative estimate of drug-likeness (QED) is 0.744. The summed E-state index contributed by atoms with van der Waals surface area (Å²) in [5.41, 5.74) is 5.39. The maximum absolute atomic E-state index is 13.7. The van der Waals surface area contributed by atoms with Gasteiger partial charge in [0.1, 0.15) is 16.7 Å². The van der Waals surface area contributed by atoms with Crippen molar-refractivity contribution in [3.8, 4) is 5.75 Å². The van der Waals surface area contributed by atoms with Gasteiger partial charge in [0.05, 0.1) is 7.11 Å². The predicted molar refractivity (Wildman–Crippen MR) is 99.8 cm³/mol. The average molecular weight is 382 g/mol. The van der Waals surface area contributed by atoms with E-state index in [0.717, 1.165) is 0 Å². The summed E-state index contributed by atoms with van der Waals surface area (Å²) in [4.78, 5) is 41.3. The highest BCUT2D eigenvalue weighted by atomic mass is 16.5. The summed E-state index contributed by atoms with van der Waals surface area (Å²) in [6.07, 6.45) is 0.807. The van der Waals surface area contributed by atoms with E-state index in [2.05, 4.69) is 0 Å². The standard InChI is InChI=1S/C21H22N2O5/c1-20(2)9-12-15(13(24)10-20)21(19(26)23(12)3)11-7-5-6-8-14(11)28-17(22)16(21)18(25)27-4/h5-8H,9-10,22H2,1-4H3/t21-/m1/s1. The molecule has 3 aliphatic rings. The van der Waals surface area contributed by atoms with Crippen molar-refractivity contribution < 1.29 is 23.9 Å². The first-order valence-corrected chi connectivity index (χ1v) is 9.06. The summed E-state index contributed by atoms with van der Waals surface area (Å²) >= 11 is 0. The molecule has 0 fully saturated rings. The van der Waals surface area contributed by atoms with Crippen LogP contribution in [0, 0.1) is 5.41 Å². The molecule has 2 N–H and O–H groups in total. The molecule has 1 spiro atoms. The Labute approximate surface area is 162 Å².